The molecular formula is C14H18N2O. The van der Waals surface area contributed by atoms with Gasteiger partial charge in [-0.25, -0.2) is 0 Å². The molecule has 1 aromatic rings. The Morgan fingerprint density at radius 2 is 2.24 bits per heavy atom. The van der Waals surface area contributed by atoms with Crippen LogP contribution in [0.5, 0.6) is 0 Å². The second-order valence-corrected chi connectivity index (χ2v) is 5.54. The van der Waals surface area contributed by atoms with Crippen LogP contribution in [0.25, 0.3) is 0 Å². The predicted octanol–water partition coefficient (Wildman–Crippen LogP) is 2.67. The molecular weight excluding hydrogens is 212 g/mol. The van der Waals surface area contributed by atoms with Crippen molar-refractivity contribution in [2.24, 2.45) is 17.8 Å². The van der Waals surface area contributed by atoms with E-state index in [2.05, 4.69) is 4.98 Å². The number of fused-ring (bicyclic) bond motifs is 2. The summed E-state index contributed by atoms with van der Waals surface area (Å²) in [5, 5.41) is 0. The summed E-state index contributed by atoms with van der Waals surface area (Å²) in [7, 11) is 0. The van der Waals surface area contributed by atoms with Gasteiger partial charge in [0.1, 0.15) is 5.69 Å². The third kappa shape index (κ3) is 2.06. The van der Waals surface area contributed by atoms with Gasteiger partial charge in [0.2, 0.25) is 0 Å². The summed E-state index contributed by atoms with van der Waals surface area (Å²) in [4.78, 5) is 16.2. The summed E-state index contributed by atoms with van der Waals surface area (Å²) in [5.74, 6) is 2.50. The van der Waals surface area contributed by atoms with Gasteiger partial charge in [-0.3, -0.25) is 9.78 Å². The SMILES string of the molecule is Nc1ccc(C(=O)CC2CC3CCC2C3)nc1. The van der Waals surface area contributed by atoms with E-state index in [4.69, 9.17) is 5.73 Å². The zero-order valence-electron chi connectivity index (χ0n) is 9.93. The van der Waals surface area contributed by atoms with Crippen molar-refractivity contribution in [2.75, 3.05) is 5.73 Å². The van der Waals surface area contributed by atoms with E-state index < -0.39 is 0 Å². The number of anilines is 1. The fraction of sp³-hybridized carbons (Fsp3) is 0.571. The van der Waals surface area contributed by atoms with Gasteiger partial charge in [0.15, 0.2) is 5.78 Å². The van der Waals surface area contributed by atoms with Crippen LogP contribution >= 0.6 is 0 Å². The number of Topliss-reactive ketones (excluding diaryl/α,β-unsaturated/α-hetero) is 1. The van der Waals surface area contributed by atoms with Crippen molar-refractivity contribution < 1.29 is 4.79 Å². The number of nitrogens with zero attached hydrogens (tertiary/aromatic N) is 1. The molecule has 1 heterocycles. The van der Waals surface area contributed by atoms with Gasteiger partial charge in [0, 0.05) is 6.42 Å². The van der Waals surface area contributed by atoms with E-state index in [1.165, 1.54) is 25.7 Å². The zero-order valence-corrected chi connectivity index (χ0v) is 9.93. The van der Waals surface area contributed by atoms with Crippen molar-refractivity contribution in [1.82, 2.24) is 4.98 Å². The van der Waals surface area contributed by atoms with Crippen LogP contribution in [0, 0.1) is 17.8 Å². The lowest BCUT2D eigenvalue weighted by Gasteiger charge is -2.20. The molecule has 3 unspecified atom stereocenters. The molecule has 90 valence electrons. The first-order valence-electron chi connectivity index (χ1n) is 6.47. The number of ketones is 1. The average molecular weight is 230 g/mol. The Morgan fingerprint density at radius 3 is 2.82 bits per heavy atom. The van der Waals surface area contributed by atoms with Crippen LogP contribution < -0.4 is 5.73 Å². The molecule has 0 radical (unpaired) electrons. The molecule has 2 bridgehead atoms. The molecule has 3 heteroatoms. The predicted molar refractivity (Wildman–Crippen MR) is 66.5 cm³/mol. The Bertz CT molecular complexity index is 426. The van der Waals surface area contributed by atoms with E-state index in [0.717, 1.165) is 11.8 Å². The number of carbonyl (C=O) groups is 1. The second kappa shape index (κ2) is 4.13. The molecule has 2 aliphatic carbocycles. The number of nitrogen functional groups attached to an aromatic ring is 1. The van der Waals surface area contributed by atoms with Crippen LogP contribution in [-0.2, 0) is 0 Å². The fourth-order valence-corrected chi connectivity index (χ4v) is 3.54. The van der Waals surface area contributed by atoms with Gasteiger partial charge in [-0.15, -0.1) is 0 Å². The topological polar surface area (TPSA) is 56.0 Å². The summed E-state index contributed by atoms with van der Waals surface area (Å²) in [5.41, 5.74) is 6.75. The molecule has 2 aliphatic rings. The Morgan fingerprint density at radius 1 is 1.35 bits per heavy atom. The van der Waals surface area contributed by atoms with Gasteiger partial charge >= 0.3 is 0 Å². The lowest BCUT2D eigenvalue weighted by Crippen LogP contribution is -2.16. The van der Waals surface area contributed by atoms with Crippen molar-refractivity contribution in [3.63, 3.8) is 0 Å². The Hall–Kier alpha value is -1.38. The van der Waals surface area contributed by atoms with Crippen LogP contribution in [-0.4, -0.2) is 10.8 Å². The zero-order chi connectivity index (χ0) is 11.8. The highest BCUT2D eigenvalue weighted by molar-refractivity contribution is 5.94. The molecule has 17 heavy (non-hydrogen) atoms. The Labute approximate surface area is 101 Å². The van der Waals surface area contributed by atoms with Gasteiger partial charge in [0.05, 0.1) is 11.9 Å². The molecule has 3 nitrogen and oxygen atoms in total. The molecule has 0 amide bonds. The molecule has 0 aliphatic heterocycles. The molecule has 3 atom stereocenters. The maximum Gasteiger partial charge on any atom is 0.181 e. The molecule has 0 spiro atoms. The Kier molecular flexibility index (Phi) is 2.61. The van der Waals surface area contributed by atoms with E-state index in [9.17, 15) is 4.79 Å². The monoisotopic (exact) mass is 230 g/mol. The quantitative estimate of drug-likeness (QED) is 0.812. The van der Waals surface area contributed by atoms with E-state index >= 15 is 0 Å². The fourth-order valence-electron chi connectivity index (χ4n) is 3.54. The number of hydrogen-bond donors (Lipinski definition) is 1. The lowest BCUT2D eigenvalue weighted by molar-refractivity contribution is 0.0939. The third-order valence-corrected chi connectivity index (χ3v) is 4.40. The standard InChI is InChI=1S/C14H18N2O/c15-12-3-4-13(16-8-12)14(17)7-11-6-9-1-2-10(11)5-9/h3-4,8-11H,1-2,5-7,15H2. The summed E-state index contributed by atoms with van der Waals surface area (Å²) in [6.07, 6.45) is 7.57. The molecule has 2 fully saturated rings. The van der Waals surface area contributed by atoms with Crippen molar-refractivity contribution in [1.29, 1.82) is 0 Å². The molecule has 3 rings (SSSR count). The largest absolute Gasteiger partial charge is 0.397 e. The number of hydrogen-bond acceptors (Lipinski definition) is 3. The molecule has 0 aromatic carbocycles. The van der Waals surface area contributed by atoms with Gasteiger partial charge in [-0.1, -0.05) is 6.42 Å². The van der Waals surface area contributed by atoms with E-state index in [0.29, 0.717) is 23.7 Å². The molecule has 1 aromatic heterocycles. The minimum absolute atomic E-state index is 0.183. The van der Waals surface area contributed by atoms with Crippen molar-refractivity contribution in [2.45, 2.75) is 32.1 Å². The van der Waals surface area contributed by atoms with Gasteiger partial charge in [-0.2, -0.15) is 0 Å². The Balaban J connectivity index is 1.65. The smallest absolute Gasteiger partial charge is 0.181 e. The number of rotatable bonds is 3. The maximum atomic E-state index is 12.1. The van der Waals surface area contributed by atoms with Crippen LogP contribution in [0.4, 0.5) is 5.69 Å². The first-order valence-corrected chi connectivity index (χ1v) is 6.47. The van der Waals surface area contributed by atoms with Gasteiger partial charge < -0.3 is 5.73 Å². The molecule has 0 saturated heterocycles. The highest BCUT2D eigenvalue weighted by Crippen LogP contribution is 2.49. The summed E-state index contributed by atoms with van der Waals surface area (Å²) >= 11 is 0. The molecule has 2 N–H and O–H groups in total. The summed E-state index contributed by atoms with van der Waals surface area (Å²) < 4.78 is 0. The lowest BCUT2D eigenvalue weighted by atomic mass is 9.85. The van der Waals surface area contributed by atoms with E-state index in [-0.39, 0.29) is 5.78 Å². The van der Waals surface area contributed by atoms with Crippen LogP contribution in [0.15, 0.2) is 18.3 Å². The second-order valence-electron chi connectivity index (χ2n) is 5.54. The van der Waals surface area contributed by atoms with E-state index in [1.54, 1.807) is 18.3 Å². The third-order valence-electron chi connectivity index (χ3n) is 4.40. The highest BCUT2D eigenvalue weighted by Gasteiger charge is 2.40. The first kappa shape index (κ1) is 10.8. The van der Waals surface area contributed by atoms with Gasteiger partial charge in [0.25, 0.3) is 0 Å². The maximum absolute atomic E-state index is 12.1. The minimum atomic E-state index is 0.183. The van der Waals surface area contributed by atoms with Crippen molar-refractivity contribution in [3.05, 3.63) is 24.0 Å². The minimum Gasteiger partial charge on any atom is -0.397 e. The van der Waals surface area contributed by atoms with Crippen LogP contribution in [0.1, 0.15) is 42.6 Å². The normalized spacial score (nSPS) is 30.7. The summed E-state index contributed by atoms with van der Waals surface area (Å²) in [6.45, 7) is 0. The van der Waals surface area contributed by atoms with Crippen molar-refractivity contribution >= 4 is 11.5 Å². The number of aromatic nitrogens is 1. The highest BCUT2D eigenvalue weighted by atomic mass is 16.1. The number of carbonyl (C=O) groups excluding carboxylic acids is 1. The number of nitrogens with two attached hydrogens (primary N) is 1. The average Bonchev–Trinajstić information content (AvgIpc) is 2.91. The summed E-state index contributed by atoms with van der Waals surface area (Å²) in [6, 6.07) is 3.49. The van der Waals surface area contributed by atoms with Crippen LogP contribution in [0.2, 0.25) is 0 Å². The van der Waals surface area contributed by atoms with Crippen molar-refractivity contribution in [3.8, 4) is 0 Å². The van der Waals surface area contributed by atoms with E-state index in [1.807, 2.05) is 0 Å². The first-order chi connectivity index (χ1) is 8.22. The molecule has 2 saturated carbocycles. The number of pyridine rings is 1. The van der Waals surface area contributed by atoms with Gasteiger partial charge in [-0.05, 0) is 49.1 Å². The van der Waals surface area contributed by atoms with Crippen LogP contribution in [0.3, 0.4) is 0 Å².